The smallest absolute Gasteiger partial charge is 0.0713 e. The van der Waals surface area contributed by atoms with E-state index in [1.54, 1.807) is 7.11 Å². The van der Waals surface area contributed by atoms with E-state index < -0.39 is 0 Å². The number of methoxy groups -OCH3 is 1. The molecule has 1 aromatic rings. The molecule has 1 N–H and O–H groups in total. The molecule has 106 valence electrons. The molecule has 1 unspecified atom stereocenters. The third-order valence-corrected chi connectivity index (χ3v) is 3.55. The largest absolute Gasteiger partial charge is 0.380 e. The fourth-order valence-corrected chi connectivity index (χ4v) is 2.53. The summed E-state index contributed by atoms with van der Waals surface area (Å²) >= 11 is 0. The second-order valence-electron chi connectivity index (χ2n) is 5.21. The molecule has 0 aromatic heterocycles. The number of benzene rings is 1. The first-order chi connectivity index (χ1) is 9.38. The van der Waals surface area contributed by atoms with Crippen LogP contribution in [0.2, 0.25) is 0 Å². The summed E-state index contributed by atoms with van der Waals surface area (Å²) in [6, 6.07) is 8.55. The van der Waals surface area contributed by atoms with Crippen molar-refractivity contribution >= 4 is 0 Å². The molecule has 19 heavy (non-hydrogen) atoms. The van der Waals surface area contributed by atoms with Gasteiger partial charge in [0.15, 0.2) is 0 Å². The van der Waals surface area contributed by atoms with Gasteiger partial charge in [-0.2, -0.15) is 0 Å². The molecule has 0 aliphatic carbocycles. The van der Waals surface area contributed by atoms with Crippen LogP contribution in [-0.2, 0) is 22.6 Å². The highest BCUT2D eigenvalue weighted by Crippen LogP contribution is 2.15. The molecule has 1 fully saturated rings. The van der Waals surface area contributed by atoms with Crippen LogP contribution >= 0.6 is 0 Å². The molecule has 1 aliphatic heterocycles. The summed E-state index contributed by atoms with van der Waals surface area (Å²) in [4.78, 5) is 0. The van der Waals surface area contributed by atoms with Gasteiger partial charge in [-0.05, 0) is 43.4 Å². The lowest BCUT2D eigenvalue weighted by atomic mass is 10.1. The monoisotopic (exact) mass is 263 g/mol. The van der Waals surface area contributed by atoms with Crippen molar-refractivity contribution in [3.63, 3.8) is 0 Å². The molecular formula is C16H25NO2. The summed E-state index contributed by atoms with van der Waals surface area (Å²) in [6.45, 7) is 3.58. The van der Waals surface area contributed by atoms with Crippen LogP contribution in [0.4, 0.5) is 0 Å². The molecule has 0 spiro atoms. The molecule has 0 bridgehead atoms. The van der Waals surface area contributed by atoms with Crippen molar-refractivity contribution in [2.75, 3.05) is 20.3 Å². The van der Waals surface area contributed by atoms with Crippen LogP contribution in [0.3, 0.4) is 0 Å². The van der Waals surface area contributed by atoms with E-state index in [1.807, 2.05) is 0 Å². The van der Waals surface area contributed by atoms with E-state index >= 15 is 0 Å². The SMILES string of the molecule is COCc1cccc(CNCCC2CCCCO2)c1. The maximum atomic E-state index is 5.72. The molecule has 1 aromatic carbocycles. The van der Waals surface area contributed by atoms with Crippen LogP contribution in [0, 0.1) is 0 Å². The summed E-state index contributed by atoms with van der Waals surface area (Å²) in [7, 11) is 1.73. The molecule has 1 heterocycles. The Morgan fingerprint density at radius 3 is 3.00 bits per heavy atom. The first-order valence-corrected chi connectivity index (χ1v) is 7.27. The van der Waals surface area contributed by atoms with Gasteiger partial charge in [0.25, 0.3) is 0 Å². The maximum absolute atomic E-state index is 5.72. The van der Waals surface area contributed by atoms with Crippen molar-refractivity contribution in [1.82, 2.24) is 5.32 Å². The zero-order valence-electron chi connectivity index (χ0n) is 11.9. The lowest BCUT2D eigenvalue weighted by molar-refractivity contribution is 0.0115. The molecule has 0 amide bonds. The van der Waals surface area contributed by atoms with Crippen LogP contribution in [0.1, 0.15) is 36.8 Å². The van der Waals surface area contributed by atoms with Gasteiger partial charge in [-0.15, -0.1) is 0 Å². The van der Waals surface area contributed by atoms with E-state index in [2.05, 4.69) is 29.6 Å². The lowest BCUT2D eigenvalue weighted by Gasteiger charge is -2.22. The topological polar surface area (TPSA) is 30.5 Å². The van der Waals surface area contributed by atoms with E-state index in [-0.39, 0.29) is 0 Å². The fourth-order valence-electron chi connectivity index (χ4n) is 2.53. The Hall–Kier alpha value is -0.900. The molecule has 3 heteroatoms. The average molecular weight is 263 g/mol. The first-order valence-electron chi connectivity index (χ1n) is 7.27. The standard InChI is InChI=1S/C16H25NO2/c1-18-13-15-6-4-5-14(11-15)12-17-9-8-16-7-2-3-10-19-16/h4-6,11,16-17H,2-3,7-10,12-13H2,1H3. The molecule has 3 nitrogen and oxygen atoms in total. The predicted molar refractivity (Wildman–Crippen MR) is 77.1 cm³/mol. The van der Waals surface area contributed by atoms with Gasteiger partial charge in [0.1, 0.15) is 0 Å². The minimum Gasteiger partial charge on any atom is -0.380 e. The van der Waals surface area contributed by atoms with E-state index in [0.717, 1.165) is 26.1 Å². The molecule has 0 saturated carbocycles. The Bertz CT molecular complexity index is 362. The second-order valence-corrected chi connectivity index (χ2v) is 5.21. The molecule has 0 radical (unpaired) electrons. The third kappa shape index (κ3) is 5.31. The van der Waals surface area contributed by atoms with Gasteiger partial charge in [-0.3, -0.25) is 0 Å². The van der Waals surface area contributed by atoms with Gasteiger partial charge in [-0.1, -0.05) is 24.3 Å². The van der Waals surface area contributed by atoms with Crippen molar-refractivity contribution in [1.29, 1.82) is 0 Å². The Balaban J connectivity index is 1.65. The molecule has 2 rings (SSSR count). The van der Waals surface area contributed by atoms with E-state index in [0.29, 0.717) is 12.7 Å². The summed E-state index contributed by atoms with van der Waals surface area (Å²) in [5, 5.41) is 3.50. The van der Waals surface area contributed by atoms with Crippen LogP contribution in [0.25, 0.3) is 0 Å². The first kappa shape index (κ1) is 14.5. The Kier molecular flexibility index (Phi) is 6.34. The van der Waals surface area contributed by atoms with Crippen molar-refractivity contribution in [2.24, 2.45) is 0 Å². The minimum absolute atomic E-state index is 0.473. The average Bonchev–Trinajstić information content (AvgIpc) is 2.46. The van der Waals surface area contributed by atoms with Crippen LogP contribution in [0.5, 0.6) is 0 Å². The zero-order chi connectivity index (χ0) is 13.3. The number of hydrogen-bond donors (Lipinski definition) is 1. The molecule has 1 saturated heterocycles. The highest BCUT2D eigenvalue weighted by atomic mass is 16.5. The summed E-state index contributed by atoms with van der Waals surface area (Å²) in [6.07, 6.45) is 5.38. The molecule has 1 aliphatic rings. The highest BCUT2D eigenvalue weighted by molar-refractivity contribution is 5.22. The van der Waals surface area contributed by atoms with Crippen LogP contribution < -0.4 is 5.32 Å². The van der Waals surface area contributed by atoms with Crippen LogP contribution in [-0.4, -0.2) is 26.4 Å². The number of rotatable bonds is 7. The molecular weight excluding hydrogens is 238 g/mol. The van der Waals surface area contributed by atoms with Gasteiger partial charge in [0.05, 0.1) is 12.7 Å². The second kappa shape index (κ2) is 8.31. The summed E-state index contributed by atoms with van der Waals surface area (Å²) in [5.41, 5.74) is 2.55. The maximum Gasteiger partial charge on any atom is 0.0713 e. The van der Waals surface area contributed by atoms with E-state index in [1.165, 1.54) is 30.4 Å². The van der Waals surface area contributed by atoms with Gasteiger partial charge < -0.3 is 14.8 Å². The van der Waals surface area contributed by atoms with Gasteiger partial charge >= 0.3 is 0 Å². The van der Waals surface area contributed by atoms with Crippen LogP contribution in [0.15, 0.2) is 24.3 Å². The quantitative estimate of drug-likeness (QED) is 0.767. The van der Waals surface area contributed by atoms with E-state index in [4.69, 9.17) is 9.47 Å². The Morgan fingerprint density at radius 1 is 1.32 bits per heavy atom. The van der Waals surface area contributed by atoms with E-state index in [9.17, 15) is 0 Å². The summed E-state index contributed by atoms with van der Waals surface area (Å²) in [5.74, 6) is 0. The fraction of sp³-hybridized carbons (Fsp3) is 0.625. The number of nitrogens with one attached hydrogen (secondary N) is 1. The summed E-state index contributed by atoms with van der Waals surface area (Å²) < 4.78 is 10.9. The van der Waals surface area contributed by atoms with Crippen molar-refractivity contribution in [3.05, 3.63) is 35.4 Å². The van der Waals surface area contributed by atoms with Crippen molar-refractivity contribution < 1.29 is 9.47 Å². The normalized spacial score (nSPS) is 19.5. The highest BCUT2D eigenvalue weighted by Gasteiger charge is 2.12. The van der Waals surface area contributed by atoms with Crippen molar-refractivity contribution in [3.8, 4) is 0 Å². The lowest BCUT2D eigenvalue weighted by Crippen LogP contribution is -2.25. The van der Waals surface area contributed by atoms with Crippen molar-refractivity contribution in [2.45, 2.75) is 44.9 Å². The Labute approximate surface area is 116 Å². The number of ether oxygens (including phenoxy) is 2. The predicted octanol–water partition coefficient (Wildman–Crippen LogP) is 2.88. The molecule has 1 atom stereocenters. The third-order valence-electron chi connectivity index (χ3n) is 3.55. The zero-order valence-corrected chi connectivity index (χ0v) is 11.9. The number of hydrogen-bond acceptors (Lipinski definition) is 3. The van der Waals surface area contributed by atoms with Gasteiger partial charge in [0.2, 0.25) is 0 Å². The van der Waals surface area contributed by atoms with Gasteiger partial charge in [0, 0.05) is 20.3 Å². The Morgan fingerprint density at radius 2 is 2.21 bits per heavy atom. The van der Waals surface area contributed by atoms with Gasteiger partial charge in [-0.25, -0.2) is 0 Å². The minimum atomic E-state index is 0.473.